The fraction of sp³-hybridized carbons (Fsp3) is 0.0625. The fourth-order valence-corrected chi connectivity index (χ4v) is 2.22. The van der Waals surface area contributed by atoms with Crippen molar-refractivity contribution in [2.45, 2.75) is 6.54 Å². The van der Waals surface area contributed by atoms with Gasteiger partial charge in [0.05, 0.1) is 11.2 Å². The topological polar surface area (TPSA) is 95.4 Å². The van der Waals surface area contributed by atoms with E-state index in [-0.39, 0.29) is 23.7 Å². The zero-order chi connectivity index (χ0) is 16.4. The molecule has 2 N–H and O–H groups in total. The van der Waals surface area contributed by atoms with Gasteiger partial charge in [0.25, 0.3) is 0 Å². The van der Waals surface area contributed by atoms with Gasteiger partial charge in [-0.15, -0.1) is 12.4 Å². The van der Waals surface area contributed by atoms with Gasteiger partial charge < -0.3 is 14.9 Å². The molecule has 0 spiro atoms. The van der Waals surface area contributed by atoms with Crippen LogP contribution in [-0.4, -0.2) is 11.0 Å². The summed E-state index contributed by atoms with van der Waals surface area (Å²) in [5.41, 5.74) is 5.81. The number of nitrogens with zero attached hydrogens (tertiary/aromatic N) is 1. The minimum absolute atomic E-state index is 0. The molecule has 24 heavy (non-hydrogen) atoms. The Morgan fingerprint density at radius 1 is 1.25 bits per heavy atom. The number of halogens is 2. The summed E-state index contributed by atoms with van der Waals surface area (Å²) in [6.45, 7) is 0.336. The molecule has 6 nitrogen and oxygen atoms in total. The Hall–Kier alpha value is -2.41. The Balaban J connectivity index is 0.00000208. The normalized spacial score (nSPS) is 10.2. The van der Waals surface area contributed by atoms with E-state index in [0.717, 1.165) is 5.56 Å². The van der Waals surface area contributed by atoms with Gasteiger partial charge in [-0.25, -0.2) is 9.59 Å². The van der Waals surface area contributed by atoms with E-state index in [1.54, 1.807) is 18.2 Å². The molecule has 2 heterocycles. The van der Waals surface area contributed by atoms with Crippen LogP contribution in [0.4, 0.5) is 0 Å². The van der Waals surface area contributed by atoms with Gasteiger partial charge in [0, 0.05) is 24.2 Å². The third-order valence-corrected chi connectivity index (χ3v) is 3.35. The highest BCUT2D eigenvalue weighted by Crippen LogP contribution is 2.18. The number of pyridine rings is 1. The second-order valence-electron chi connectivity index (χ2n) is 4.75. The van der Waals surface area contributed by atoms with Gasteiger partial charge in [0.15, 0.2) is 5.75 Å². The monoisotopic (exact) mass is 366 g/mol. The molecule has 124 valence electrons. The zero-order valence-electron chi connectivity index (χ0n) is 12.2. The number of hydrogen-bond donors (Lipinski definition) is 1. The number of carbonyl (C=O) groups is 1. The van der Waals surface area contributed by atoms with Crippen LogP contribution in [0, 0.1) is 0 Å². The first-order chi connectivity index (χ1) is 11.1. The van der Waals surface area contributed by atoms with Crippen molar-refractivity contribution in [2.24, 2.45) is 5.73 Å². The lowest BCUT2D eigenvalue weighted by molar-refractivity contribution is 0.0730. The smallest absolute Gasteiger partial charge is 0.351 e. The molecule has 0 radical (unpaired) electrons. The fourth-order valence-electron chi connectivity index (χ4n) is 2.05. The van der Waals surface area contributed by atoms with E-state index in [0.29, 0.717) is 22.5 Å². The number of nitrogens with two attached hydrogens (primary N) is 1. The first-order valence-corrected chi connectivity index (χ1v) is 7.04. The number of hydrogen-bond acceptors (Lipinski definition) is 6. The zero-order valence-corrected chi connectivity index (χ0v) is 13.8. The quantitative estimate of drug-likeness (QED) is 0.565. The Bertz CT molecular complexity index is 956. The minimum Gasteiger partial charge on any atom is -0.422 e. The molecule has 3 rings (SSSR count). The number of aromatic nitrogens is 1. The van der Waals surface area contributed by atoms with Gasteiger partial charge in [-0.3, -0.25) is 4.98 Å². The summed E-state index contributed by atoms with van der Waals surface area (Å²) in [7, 11) is 0. The lowest BCUT2D eigenvalue weighted by Gasteiger charge is -2.05. The van der Waals surface area contributed by atoms with Crippen LogP contribution >= 0.6 is 24.0 Å². The molecule has 0 fully saturated rings. The summed E-state index contributed by atoms with van der Waals surface area (Å²) in [5.74, 6) is -0.708. The predicted octanol–water partition coefficient (Wildman–Crippen LogP) is 2.94. The highest BCUT2D eigenvalue weighted by atomic mass is 35.5. The number of benzene rings is 1. The van der Waals surface area contributed by atoms with Crippen molar-refractivity contribution in [1.29, 1.82) is 0 Å². The molecular weight excluding hydrogens is 355 g/mol. The highest BCUT2D eigenvalue weighted by Gasteiger charge is 2.16. The summed E-state index contributed by atoms with van der Waals surface area (Å²) in [6, 6.07) is 7.97. The van der Waals surface area contributed by atoms with Crippen molar-refractivity contribution in [1.82, 2.24) is 4.98 Å². The number of fused-ring (bicyclic) bond motifs is 1. The summed E-state index contributed by atoms with van der Waals surface area (Å²) in [6.07, 6.45) is 2.72. The summed E-state index contributed by atoms with van der Waals surface area (Å²) < 4.78 is 10.2. The number of carbonyl (C=O) groups excluding carboxylic acids is 1. The first kappa shape index (κ1) is 17.9. The molecule has 1 aromatic carbocycles. The Kier molecular flexibility index (Phi) is 5.56. The van der Waals surface area contributed by atoms with Gasteiger partial charge in [-0.05, 0) is 23.8 Å². The van der Waals surface area contributed by atoms with E-state index < -0.39 is 11.6 Å². The Labute approximate surface area is 147 Å². The number of rotatable bonds is 3. The van der Waals surface area contributed by atoms with E-state index >= 15 is 0 Å². The third-order valence-electron chi connectivity index (χ3n) is 3.14. The molecule has 8 heteroatoms. The standard InChI is InChI=1S/C16H11ClN2O4.ClH/c17-11-5-12(8-19-7-11)22-15(20)13-4-10-3-9(6-18)1-2-14(10)23-16(13)21;/h1-5,7-8H,6,18H2;1H. The van der Waals surface area contributed by atoms with Crippen molar-refractivity contribution < 1.29 is 13.9 Å². The molecule has 0 aliphatic carbocycles. The molecular formula is C16H12Cl2N2O4. The third kappa shape index (κ3) is 3.73. The van der Waals surface area contributed by atoms with Crippen LogP contribution in [0.15, 0.2) is 51.9 Å². The van der Waals surface area contributed by atoms with E-state index in [4.69, 9.17) is 26.5 Å². The highest BCUT2D eigenvalue weighted by molar-refractivity contribution is 6.30. The van der Waals surface area contributed by atoms with Crippen LogP contribution in [0.3, 0.4) is 0 Å². The molecule has 0 amide bonds. The predicted molar refractivity (Wildman–Crippen MR) is 91.8 cm³/mol. The van der Waals surface area contributed by atoms with Gasteiger partial charge in [-0.1, -0.05) is 17.7 Å². The Morgan fingerprint density at radius 2 is 2.04 bits per heavy atom. The Morgan fingerprint density at radius 3 is 2.75 bits per heavy atom. The van der Waals surface area contributed by atoms with E-state index in [1.807, 2.05) is 0 Å². The van der Waals surface area contributed by atoms with E-state index in [9.17, 15) is 9.59 Å². The lowest BCUT2D eigenvalue weighted by atomic mass is 10.1. The second-order valence-corrected chi connectivity index (χ2v) is 5.19. The number of esters is 1. The maximum absolute atomic E-state index is 12.2. The molecule has 0 unspecified atom stereocenters. The molecule has 0 saturated heterocycles. The van der Waals surface area contributed by atoms with Gasteiger partial charge in [-0.2, -0.15) is 0 Å². The van der Waals surface area contributed by atoms with Crippen molar-refractivity contribution in [3.05, 3.63) is 69.3 Å². The van der Waals surface area contributed by atoms with Gasteiger partial charge in [0.1, 0.15) is 11.1 Å². The minimum atomic E-state index is -0.845. The van der Waals surface area contributed by atoms with Crippen LogP contribution in [0.5, 0.6) is 5.75 Å². The van der Waals surface area contributed by atoms with E-state index in [1.165, 1.54) is 24.5 Å². The first-order valence-electron chi connectivity index (χ1n) is 6.66. The average Bonchev–Trinajstić information content (AvgIpc) is 2.53. The van der Waals surface area contributed by atoms with Gasteiger partial charge >= 0.3 is 11.6 Å². The second kappa shape index (κ2) is 7.44. The lowest BCUT2D eigenvalue weighted by Crippen LogP contribution is -2.18. The van der Waals surface area contributed by atoms with Crippen molar-refractivity contribution >= 4 is 40.9 Å². The average molecular weight is 367 g/mol. The van der Waals surface area contributed by atoms with Crippen LogP contribution in [-0.2, 0) is 6.54 Å². The maximum atomic E-state index is 12.2. The summed E-state index contributed by atoms with van der Waals surface area (Å²) in [4.78, 5) is 27.9. The maximum Gasteiger partial charge on any atom is 0.351 e. The van der Waals surface area contributed by atoms with E-state index in [2.05, 4.69) is 4.98 Å². The molecule has 3 aromatic rings. The molecule has 0 aliphatic heterocycles. The molecule has 2 aromatic heterocycles. The number of ether oxygens (including phenoxy) is 1. The molecule has 0 atom stereocenters. The summed E-state index contributed by atoms with van der Waals surface area (Å²) in [5, 5.41) is 0.900. The SMILES string of the molecule is Cl.NCc1ccc2oc(=O)c(C(=O)Oc3cncc(Cl)c3)cc2c1. The molecule has 0 aliphatic rings. The molecule has 0 saturated carbocycles. The van der Waals surface area contributed by atoms with Crippen molar-refractivity contribution in [3.63, 3.8) is 0 Å². The van der Waals surface area contributed by atoms with Crippen LogP contribution < -0.4 is 16.1 Å². The van der Waals surface area contributed by atoms with Crippen LogP contribution in [0.25, 0.3) is 11.0 Å². The van der Waals surface area contributed by atoms with Crippen molar-refractivity contribution in [2.75, 3.05) is 0 Å². The molecule has 0 bridgehead atoms. The van der Waals surface area contributed by atoms with Crippen molar-refractivity contribution in [3.8, 4) is 5.75 Å². The van der Waals surface area contributed by atoms with Crippen LogP contribution in [0.2, 0.25) is 5.02 Å². The van der Waals surface area contributed by atoms with Gasteiger partial charge in [0.2, 0.25) is 0 Å². The largest absolute Gasteiger partial charge is 0.422 e. The van der Waals surface area contributed by atoms with Crippen LogP contribution in [0.1, 0.15) is 15.9 Å². The summed E-state index contributed by atoms with van der Waals surface area (Å²) >= 11 is 5.77.